The SMILES string of the molecule is CCCC(C)=CC(CCC)CCCCCC=CC(C)=C(C)CCC. The van der Waals surface area contributed by atoms with Crippen LogP contribution in [0, 0.1) is 5.92 Å². The second-order valence-electron chi connectivity index (χ2n) is 7.57. The average molecular weight is 333 g/mol. The predicted molar refractivity (Wildman–Crippen MR) is 113 cm³/mol. The molecule has 0 aliphatic rings. The minimum Gasteiger partial charge on any atom is -0.0843 e. The number of unbranched alkanes of at least 4 members (excludes halogenated alkanes) is 3. The van der Waals surface area contributed by atoms with Gasteiger partial charge in [0.25, 0.3) is 0 Å². The maximum absolute atomic E-state index is 2.57. The third-order valence-electron chi connectivity index (χ3n) is 4.94. The summed E-state index contributed by atoms with van der Waals surface area (Å²) in [6.07, 6.45) is 21.7. The molecule has 0 heterocycles. The van der Waals surface area contributed by atoms with Crippen molar-refractivity contribution in [2.24, 2.45) is 5.92 Å². The number of hydrogen-bond donors (Lipinski definition) is 0. The Labute approximate surface area is 153 Å². The summed E-state index contributed by atoms with van der Waals surface area (Å²) < 4.78 is 0. The van der Waals surface area contributed by atoms with Crippen molar-refractivity contribution in [2.75, 3.05) is 0 Å². The summed E-state index contributed by atoms with van der Waals surface area (Å²) in [7, 11) is 0. The summed E-state index contributed by atoms with van der Waals surface area (Å²) in [6.45, 7) is 13.7. The van der Waals surface area contributed by atoms with E-state index in [9.17, 15) is 0 Å². The molecular weight excluding hydrogens is 288 g/mol. The van der Waals surface area contributed by atoms with E-state index in [-0.39, 0.29) is 0 Å². The predicted octanol–water partition coefficient (Wildman–Crippen LogP) is 8.79. The first-order chi connectivity index (χ1) is 11.5. The van der Waals surface area contributed by atoms with Gasteiger partial charge >= 0.3 is 0 Å². The number of hydrogen-bond acceptors (Lipinski definition) is 0. The highest BCUT2D eigenvalue weighted by Crippen LogP contribution is 2.21. The lowest BCUT2D eigenvalue weighted by Crippen LogP contribution is -1.98. The Kier molecular flexibility index (Phi) is 15.2. The maximum Gasteiger partial charge on any atom is -0.0231 e. The second kappa shape index (κ2) is 15.7. The van der Waals surface area contributed by atoms with Crippen LogP contribution in [0.1, 0.15) is 112 Å². The van der Waals surface area contributed by atoms with Gasteiger partial charge in [0.1, 0.15) is 0 Å². The maximum atomic E-state index is 2.57. The van der Waals surface area contributed by atoms with E-state index in [1.165, 1.54) is 76.2 Å². The highest BCUT2D eigenvalue weighted by molar-refractivity contribution is 5.22. The quantitative estimate of drug-likeness (QED) is 0.169. The standard InChI is InChI=1S/C24H44/c1-7-15-21(4)20-24(17-9-3)19-14-12-10-11-13-18-23(6)22(5)16-8-2/h13,18,20,24H,7-12,14-17,19H2,1-6H3. The van der Waals surface area contributed by atoms with Crippen molar-refractivity contribution in [1.29, 1.82) is 0 Å². The van der Waals surface area contributed by atoms with Gasteiger partial charge in [-0.25, -0.2) is 0 Å². The third kappa shape index (κ3) is 12.6. The second-order valence-corrected chi connectivity index (χ2v) is 7.57. The first-order valence-corrected chi connectivity index (χ1v) is 10.5. The molecule has 0 aromatic carbocycles. The Morgan fingerprint density at radius 3 is 2.12 bits per heavy atom. The van der Waals surface area contributed by atoms with Crippen LogP contribution in [-0.2, 0) is 0 Å². The average Bonchev–Trinajstić information content (AvgIpc) is 2.54. The molecular formula is C24H44. The van der Waals surface area contributed by atoms with Crippen LogP contribution in [0.5, 0.6) is 0 Å². The summed E-state index contributed by atoms with van der Waals surface area (Å²) in [5, 5.41) is 0. The van der Waals surface area contributed by atoms with E-state index in [1.807, 2.05) is 0 Å². The zero-order valence-corrected chi connectivity index (χ0v) is 17.6. The monoisotopic (exact) mass is 332 g/mol. The fraction of sp³-hybridized carbons (Fsp3) is 0.750. The largest absolute Gasteiger partial charge is 0.0843 e. The van der Waals surface area contributed by atoms with Crippen molar-refractivity contribution in [2.45, 2.75) is 112 Å². The van der Waals surface area contributed by atoms with Crippen molar-refractivity contribution in [3.05, 3.63) is 34.9 Å². The van der Waals surface area contributed by atoms with Gasteiger partial charge in [0.2, 0.25) is 0 Å². The van der Waals surface area contributed by atoms with Crippen LogP contribution in [0.2, 0.25) is 0 Å². The Balaban J connectivity index is 4.01. The molecule has 0 radical (unpaired) electrons. The van der Waals surface area contributed by atoms with Gasteiger partial charge in [-0.15, -0.1) is 0 Å². The van der Waals surface area contributed by atoms with E-state index in [1.54, 1.807) is 11.1 Å². The van der Waals surface area contributed by atoms with Gasteiger partial charge in [-0.05, 0) is 65.2 Å². The molecule has 0 aromatic rings. The van der Waals surface area contributed by atoms with E-state index in [4.69, 9.17) is 0 Å². The molecule has 0 rings (SSSR count). The molecule has 1 atom stereocenters. The molecule has 0 nitrogen and oxygen atoms in total. The van der Waals surface area contributed by atoms with Gasteiger partial charge in [-0.3, -0.25) is 0 Å². The van der Waals surface area contributed by atoms with Gasteiger partial charge in [-0.1, -0.05) is 87.8 Å². The van der Waals surface area contributed by atoms with Crippen molar-refractivity contribution in [1.82, 2.24) is 0 Å². The van der Waals surface area contributed by atoms with E-state index in [0.29, 0.717) is 0 Å². The number of allylic oxidation sites excluding steroid dienone is 6. The van der Waals surface area contributed by atoms with Gasteiger partial charge < -0.3 is 0 Å². The molecule has 0 heteroatoms. The third-order valence-corrected chi connectivity index (χ3v) is 4.94. The summed E-state index contributed by atoms with van der Waals surface area (Å²) in [6, 6.07) is 0. The van der Waals surface area contributed by atoms with E-state index in [2.05, 4.69) is 59.8 Å². The lowest BCUT2D eigenvalue weighted by Gasteiger charge is -2.13. The molecule has 0 aliphatic carbocycles. The molecule has 140 valence electrons. The zero-order chi connectivity index (χ0) is 18.2. The van der Waals surface area contributed by atoms with Crippen LogP contribution in [0.15, 0.2) is 34.9 Å². The highest BCUT2D eigenvalue weighted by Gasteiger charge is 2.04. The fourth-order valence-electron chi connectivity index (χ4n) is 3.38. The van der Waals surface area contributed by atoms with Gasteiger partial charge in [0.15, 0.2) is 0 Å². The molecule has 0 N–H and O–H groups in total. The Hall–Kier alpha value is -0.780. The van der Waals surface area contributed by atoms with Crippen LogP contribution in [0.25, 0.3) is 0 Å². The van der Waals surface area contributed by atoms with Gasteiger partial charge in [0.05, 0.1) is 0 Å². The van der Waals surface area contributed by atoms with Gasteiger partial charge in [-0.2, -0.15) is 0 Å². The molecule has 0 aromatic heterocycles. The van der Waals surface area contributed by atoms with E-state index >= 15 is 0 Å². The lowest BCUT2D eigenvalue weighted by molar-refractivity contribution is 0.495. The van der Waals surface area contributed by atoms with E-state index in [0.717, 1.165) is 5.92 Å². The Morgan fingerprint density at radius 1 is 0.792 bits per heavy atom. The summed E-state index contributed by atoms with van der Waals surface area (Å²) in [5.41, 5.74) is 4.62. The minimum absolute atomic E-state index is 0.818. The first-order valence-electron chi connectivity index (χ1n) is 10.5. The molecule has 24 heavy (non-hydrogen) atoms. The normalized spacial score (nSPS) is 15.0. The van der Waals surface area contributed by atoms with Crippen molar-refractivity contribution < 1.29 is 0 Å². The Morgan fingerprint density at radius 2 is 1.50 bits per heavy atom. The summed E-state index contributed by atoms with van der Waals surface area (Å²) in [4.78, 5) is 0. The molecule has 0 fully saturated rings. The fourth-order valence-corrected chi connectivity index (χ4v) is 3.38. The van der Waals surface area contributed by atoms with Crippen LogP contribution in [-0.4, -0.2) is 0 Å². The topological polar surface area (TPSA) is 0 Å². The zero-order valence-electron chi connectivity index (χ0n) is 17.6. The summed E-state index contributed by atoms with van der Waals surface area (Å²) >= 11 is 0. The van der Waals surface area contributed by atoms with Crippen molar-refractivity contribution in [3.63, 3.8) is 0 Å². The molecule has 0 saturated carbocycles. The molecule has 0 saturated heterocycles. The summed E-state index contributed by atoms with van der Waals surface area (Å²) in [5.74, 6) is 0.818. The van der Waals surface area contributed by atoms with Crippen LogP contribution in [0.3, 0.4) is 0 Å². The van der Waals surface area contributed by atoms with E-state index < -0.39 is 0 Å². The van der Waals surface area contributed by atoms with Crippen LogP contribution >= 0.6 is 0 Å². The highest BCUT2D eigenvalue weighted by atomic mass is 14.1. The lowest BCUT2D eigenvalue weighted by atomic mass is 9.93. The first kappa shape index (κ1) is 23.2. The molecule has 1 unspecified atom stereocenters. The van der Waals surface area contributed by atoms with Gasteiger partial charge in [0, 0.05) is 0 Å². The number of rotatable bonds is 14. The smallest absolute Gasteiger partial charge is 0.0231 e. The van der Waals surface area contributed by atoms with Crippen molar-refractivity contribution >= 4 is 0 Å². The van der Waals surface area contributed by atoms with Crippen LogP contribution in [0.4, 0.5) is 0 Å². The molecule has 0 bridgehead atoms. The molecule has 0 spiro atoms. The minimum atomic E-state index is 0.818. The Bertz CT molecular complexity index is 381. The van der Waals surface area contributed by atoms with Crippen molar-refractivity contribution in [3.8, 4) is 0 Å². The van der Waals surface area contributed by atoms with Crippen LogP contribution < -0.4 is 0 Å². The molecule has 0 aliphatic heterocycles. The molecule has 0 amide bonds.